The second-order valence-corrected chi connectivity index (χ2v) is 4.48. The van der Waals surface area contributed by atoms with E-state index in [4.69, 9.17) is 9.68 Å². The van der Waals surface area contributed by atoms with Gasteiger partial charge in [-0.25, -0.2) is 0 Å². The number of nitriles is 1. The summed E-state index contributed by atoms with van der Waals surface area (Å²) < 4.78 is 5.28. The Morgan fingerprint density at radius 2 is 2.38 bits per heavy atom. The van der Waals surface area contributed by atoms with Gasteiger partial charge in [0.1, 0.15) is 11.8 Å². The highest BCUT2D eigenvalue weighted by atomic mass is 32.1. The highest BCUT2D eigenvalue weighted by Gasteiger charge is 2.07. The van der Waals surface area contributed by atoms with Gasteiger partial charge in [0.25, 0.3) is 0 Å². The van der Waals surface area contributed by atoms with Crippen LogP contribution in [0.5, 0.6) is 0 Å². The van der Waals surface area contributed by atoms with Crippen molar-refractivity contribution in [2.24, 2.45) is 0 Å². The molecule has 2 aromatic rings. The van der Waals surface area contributed by atoms with Gasteiger partial charge in [0.15, 0.2) is 0 Å². The molecule has 0 unspecified atom stereocenters. The summed E-state index contributed by atoms with van der Waals surface area (Å²) in [6, 6.07) is 9.93. The Morgan fingerprint density at radius 1 is 1.50 bits per heavy atom. The van der Waals surface area contributed by atoms with E-state index in [1.807, 2.05) is 18.2 Å². The number of hydrogen-bond acceptors (Lipinski definition) is 4. The largest absolute Gasteiger partial charge is 0.449 e. The number of thiophene rings is 1. The smallest absolute Gasteiger partial charge is 0.203 e. The molecule has 0 fully saturated rings. The molecule has 0 aliphatic heterocycles. The molecular formula is C12H12N2OS. The average molecular weight is 232 g/mol. The van der Waals surface area contributed by atoms with E-state index in [0.717, 1.165) is 5.76 Å². The minimum absolute atomic E-state index is 0.302. The maximum absolute atomic E-state index is 8.62. The minimum Gasteiger partial charge on any atom is -0.449 e. The van der Waals surface area contributed by atoms with Crippen LogP contribution in [-0.2, 0) is 6.54 Å². The number of nitrogens with one attached hydrogen (secondary N) is 1. The molecule has 4 heteroatoms. The van der Waals surface area contributed by atoms with Crippen LogP contribution in [0.25, 0.3) is 0 Å². The molecule has 16 heavy (non-hydrogen) atoms. The highest BCUT2D eigenvalue weighted by molar-refractivity contribution is 7.10. The lowest BCUT2D eigenvalue weighted by Crippen LogP contribution is -2.16. The van der Waals surface area contributed by atoms with Crippen molar-refractivity contribution in [1.82, 2.24) is 5.32 Å². The first-order chi connectivity index (χ1) is 7.79. The van der Waals surface area contributed by atoms with Gasteiger partial charge in [-0.05, 0) is 30.5 Å². The number of nitrogens with zero attached hydrogens (tertiary/aromatic N) is 1. The molecule has 0 saturated carbocycles. The maximum atomic E-state index is 8.62. The molecule has 1 N–H and O–H groups in total. The molecule has 0 spiro atoms. The first-order valence-electron chi connectivity index (χ1n) is 5.05. The first-order valence-corrected chi connectivity index (χ1v) is 5.93. The number of hydrogen-bond donors (Lipinski definition) is 1. The summed E-state index contributed by atoms with van der Waals surface area (Å²) in [7, 11) is 0. The summed E-state index contributed by atoms with van der Waals surface area (Å²) in [4.78, 5) is 1.30. The fourth-order valence-corrected chi connectivity index (χ4v) is 2.18. The third-order valence-corrected chi connectivity index (χ3v) is 3.38. The van der Waals surface area contributed by atoms with Crippen molar-refractivity contribution < 1.29 is 4.42 Å². The van der Waals surface area contributed by atoms with E-state index < -0.39 is 0 Å². The second-order valence-electron chi connectivity index (χ2n) is 3.50. The third kappa shape index (κ3) is 2.51. The number of rotatable bonds is 4. The number of furan rings is 1. The van der Waals surface area contributed by atoms with E-state index in [9.17, 15) is 0 Å². The molecule has 0 amide bonds. The maximum Gasteiger partial charge on any atom is 0.203 e. The second kappa shape index (κ2) is 4.97. The molecule has 2 rings (SSSR count). The van der Waals surface area contributed by atoms with Crippen LogP contribution >= 0.6 is 11.3 Å². The normalized spacial score (nSPS) is 12.2. The average Bonchev–Trinajstić information content (AvgIpc) is 2.96. The van der Waals surface area contributed by atoms with Gasteiger partial charge in [0.2, 0.25) is 5.76 Å². The van der Waals surface area contributed by atoms with E-state index in [1.165, 1.54) is 4.88 Å². The summed E-state index contributed by atoms with van der Waals surface area (Å²) in [5.74, 6) is 1.15. The van der Waals surface area contributed by atoms with Crippen LogP contribution < -0.4 is 5.32 Å². The molecular weight excluding hydrogens is 220 g/mol. The van der Waals surface area contributed by atoms with Gasteiger partial charge in [-0.15, -0.1) is 11.3 Å². The van der Waals surface area contributed by atoms with Crippen LogP contribution in [0.2, 0.25) is 0 Å². The van der Waals surface area contributed by atoms with Crippen LogP contribution in [0.3, 0.4) is 0 Å². The SMILES string of the molecule is C[C@@H](NCc1ccc(C#N)o1)c1cccs1. The molecule has 0 aliphatic carbocycles. The topological polar surface area (TPSA) is 49.0 Å². The molecule has 82 valence electrons. The fourth-order valence-electron chi connectivity index (χ4n) is 1.42. The van der Waals surface area contributed by atoms with Crippen LogP contribution in [0.15, 0.2) is 34.1 Å². The molecule has 2 aromatic heterocycles. The van der Waals surface area contributed by atoms with Crippen LogP contribution in [-0.4, -0.2) is 0 Å². The lowest BCUT2D eigenvalue weighted by molar-refractivity contribution is 0.455. The Hall–Kier alpha value is -1.57. The van der Waals surface area contributed by atoms with Crippen LogP contribution in [0.1, 0.15) is 29.4 Å². The van der Waals surface area contributed by atoms with Crippen molar-refractivity contribution in [2.75, 3.05) is 0 Å². The molecule has 0 radical (unpaired) electrons. The van der Waals surface area contributed by atoms with E-state index in [0.29, 0.717) is 18.3 Å². The standard InChI is InChI=1S/C12H12N2OS/c1-9(12-3-2-6-16-12)14-8-11-5-4-10(7-13)15-11/h2-6,9,14H,8H2,1H3/t9-/m1/s1. The molecule has 0 bridgehead atoms. The van der Waals surface area contributed by atoms with Gasteiger partial charge in [-0.1, -0.05) is 6.07 Å². The Balaban J connectivity index is 1.90. The highest BCUT2D eigenvalue weighted by Crippen LogP contribution is 2.18. The van der Waals surface area contributed by atoms with Gasteiger partial charge in [-0.2, -0.15) is 5.26 Å². The van der Waals surface area contributed by atoms with Gasteiger partial charge in [-0.3, -0.25) is 0 Å². The van der Waals surface area contributed by atoms with Crippen molar-refractivity contribution in [1.29, 1.82) is 5.26 Å². The summed E-state index contributed by atoms with van der Waals surface area (Å²) in [6.07, 6.45) is 0. The summed E-state index contributed by atoms with van der Waals surface area (Å²) in [6.45, 7) is 2.75. The zero-order valence-electron chi connectivity index (χ0n) is 8.93. The Bertz CT molecular complexity index is 481. The Morgan fingerprint density at radius 3 is 3.00 bits per heavy atom. The van der Waals surface area contributed by atoms with Crippen molar-refractivity contribution in [3.63, 3.8) is 0 Å². The van der Waals surface area contributed by atoms with Gasteiger partial charge in [0, 0.05) is 10.9 Å². The van der Waals surface area contributed by atoms with E-state index in [1.54, 1.807) is 17.4 Å². The van der Waals surface area contributed by atoms with Gasteiger partial charge >= 0.3 is 0 Å². The Kier molecular flexibility index (Phi) is 3.40. The molecule has 0 aliphatic rings. The molecule has 1 atom stereocenters. The lowest BCUT2D eigenvalue weighted by Gasteiger charge is -2.10. The van der Waals surface area contributed by atoms with E-state index in [2.05, 4.69) is 23.7 Å². The Labute approximate surface area is 98.3 Å². The molecule has 2 heterocycles. The quantitative estimate of drug-likeness (QED) is 0.881. The van der Waals surface area contributed by atoms with Crippen molar-refractivity contribution in [2.45, 2.75) is 19.5 Å². The monoisotopic (exact) mass is 232 g/mol. The van der Waals surface area contributed by atoms with E-state index >= 15 is 0 Å². The zero-order chi connectivity index (χ0) is 11.4. The molecule has 0 saturated heterocycles. The molecule has 0 aromatic carbocycles. The minimum atomic E-state index is 0.302. The third-order valence-electron chi connectivity index (χ3n) is 2.32. The van der Waals surface area contributed by atoms with E-state index in [-0.39, 0.29) is 0 Å². The van der Waals surface area contributed by atoms with Crippen LogP contribution in [0.4, 0.5) is 0 Å². The zero-order valence-corrected chi connectivity index (χ0v) is 9.75. The lowest BCUT2D eigenvalue weighted by atomic mass is 10.2. The van der Waals surface area contributed by atoms with Crippen LogP contribution in [0, 0.1) is 11.3 Å². The first kappa shape index (κ1) is 10.9. The summed E-state index contributed by atoms with van der Waals surface area (Å²) in [5, 5.41) is 14.0. The summed E-state index contributed by atoms with van der Waals surface area (Å²) >= 11 is 1.73. The van der Waals surface area contributed by atoms with Gasteiger partial charge < -0.3 is 9.73 Å². The predicted octanol–water partition coefficient (Wildman–Crippen LogP) is 3.06. The summed E-state index contributed by atoms with van der Waals surface area (Å²) in [5.41, 5.74) is 0. The fraction of sp³-hybridized carbons (Fsp3) is 0.250. The van der Waals surface area contributed by atoms with Crippen molar-refractivity contribution in [3.05, 3.63) is 46.0 Å². The van der Waals surface area contributed by atoms with Gasteiger partial charge in [0.05, 0.1) is 6.54 Å². The molecule has 3 nitrogen and oxygen atoms in total. The van der Waals surface area contributed by atoms with Crippen molar-refractivity contribution in [3.8, 4) is 6.07 Å². The van der Waals surface area contributed by atoms with Crippen molar-refractivity contribution >= 4 is 11.3 Å². The predicted molar refractivity (Wildman–Crippen MR) is 63.0 cm³/mol.